The molecule has 2 rings (SSSR count). The number of hydrazone groups is 1. The second-order valence-electron chi connectivity index (χ2n) is 4.74. The second-order valence-corrected chi connectivity index (χ2v) is 4.74. The summed E-state index contributed by atoms with van der Waals surface area (Å²) in [6.07, 6.45) is 0. The Hall–Kier alpha value is -2.75. The highest BCUT2D eigenvalue weighted by Gasteiger charge is 2.01. The molecule has 0 saturated heterocycles. The van der Waals surface area contributed by atoms with Crippen LogP contribution in [0.15, 0.2) is 60.2 Å². The Bertz CT molecular complexity index is 658. The van der Waals surface area contributed by atoms with Crippen molar-refractivity contribution < 1.29 is 9.47 Å². The van der Waals surface area contributed by atoms with Crippen LogP contribution in [0.3, 0.4) is 0 Å². The van der Waals surface area contributed by atoms with Crippen LogP contribution in [0.5, 0.6) is 11.5 Å². The largest absolute Gasteiger partial charge is 0.497 e. The van der Waals surface area contributed by atoms with Crippen molar-refractivity contribution in [2.75, 3.05) is 14.2 Å². The van der Waals surface area contributed by atoms with Crippen LogP contribution in [0.4, 0.5) is 0 Å². The fraction of sp³-hybridized carbons (Fsp3) is 0.167. The first-order valence-electron chi connectivity index (χ1n) is 6.92. The van der Waals surface area contributed by atoms with E-state index in [1.807, 2.05) is 55.5 Å². The van der Waals surface area contributed by atoms with Gasteiger partial charge in [-0.25, -0.2) is 0 Å². The van der Waals surface area contributed by atoms with Crippen LogP contribution < -0.4 is 14.9 Å². The molecular weight excluding hydrogens is 276 g/mol. The van der Waals surface area contributed by atoms with Crippen molar-refractivity contribution >= 4 is 11.4 Å². The van der Waals surface area contributed by atoms with Crippen LogP contribution in [0.2, 0.25) is 0 Å². The van der Waals surface area contributed by atoms with Crippen molar-refractivity contribution in [1.82, 2.24) is 5.43 Å². The third-order valence-corrected chi connectivity index (χ3v) is 3.30. The third-order valence-electron chi connectivity index (χ3n) is 3.30. The zero-order valence-electron chi connectivity index (χ0n) is 13.1. The maximum Gasteiger partial charge on any atom is 0.118 e. The van der Waals surface area contributed by atoms with Crippen molar-refractivity contribution in [3.05, 3.63) is 66.2 Å². The fourth-order valence-corrected chi connectivity index (χ4v) is 1.90. The molecule has 0 bridgehead atoms. The first-order chi connectivity index (χ1) is 10.6. The maximum absolute atomic E-state index is 5.14. The van der Waals surface area contributed by atoms with Crippen LogP contribution >= 0.6 is 0 Å². The van der Waals surface area contributed by atoms with Gasteiger partial charge in [0.05, 0.1) is 25.6 Å². The Kier molecular flexibility index (Phi) is 5.20. The molecular formula is C18H20N2O2. The third kappa shape index (κ3) is 3.88. The molecule has 0 atom stereocenters. The minimum absolute atomic E-state index is 0.732. The Morgan fingerprint density at radius 2 is 1.32 bits per heavy atom. The van der Waals surface area contributed by atoms with E-state index in [9.17, 15) is 0 Å². The van der Waals surface area contributed by atoms with E-state index in [4.69, 9.17) is 9.47 Å². The molecule has 0 radical (unpaired) electrons. The summed E-state index contributed by atoms with van der Waals surface area (Å²) in [6.45, 7) is 5.94. The van der Waals surface area contributed by atoms with Gasteiger partial charge in [-0.15, -0.1) is 0 Å². The lowest BCUT2D eigenvalue weighted by atomic mass is 10.1. The highest BCUT2D eigenvalue weighted by Crippen LogP contribution is 2.16. The number of ether oxygens (including phenoxy) is 2. The SMILES string of the molecule is C=C(N/N=C(\C)c1ccc(OC)cc1)c1ccc(OC)cc1. The van der Waals surface area contributed by atoms with Gasteiger partial charge in [-0.1, -0.05) is 6.58 Å². The lowest BCUT2D eigenvalue weighted by Gasteiger charge is -2.08. The first kappa shape index (κ1) is 15.6. The van der Waals surface area contributed by atoms with Gasteiger partial charge in [-0.3, -0.25) is 5.43 Å². The molecule has 1 N–H and O–H groups in total. The van der Waals surface area contributed by atoms with Gasteiger partial charge in [0.15, 0.2) is 0 Å². The van der Waals surface area contributed by atoms with Crippen molar-refractivity contribution in [3.8, 4) is 11.5 Å². The monoisotopic (exact) mass is 296 g/mol. The molecule has 0 amide bonds. The number of methoxy groups -OCH3 is 2. The average molecular weight is 296 g/mol. The van der Waals surface area contributed by atoms with Crippen molar-refractivity contribution in [3.63, 3.8) is 0 Å². The van der Waals surface area contributed by atoms with Crippen molar-refractivity contribution in [2.45, 2.75) is 6.92 Å². The lowest BCUT2D eigenvalue weighted by Crippen LogP contribution is -2.07. The summed E-state index contributed by atoms with van der Waals surface area (Å²) < 4.78 is 10.3. The van der Waals surface area contributed by atoms with E-state index in [-0.39, 0.29) is 0 Å². The highest BCUT2D eigenvalue weighted by molar-refractivity contribution is 5.98. The minimum Gasteiger partial charge on any atom is -0.497 e. The summed E-state index contributed by atoms with van der Waals surface area (Å²) in [7, 11) is 3.29. The molecule has 2 aromatic carbocycles. The van der Waals surface area contributed by atoms with Gasteiger partial charge in [-0.2, -0.15) is 5.10 Å². The Balaban J connectivity index is 2.03. The molecule has 4 nitrogen and oxygen atoms in total. The molecule has 0 aliphatic heterocycles. The van der Waals surface area contributed by atoms with Gasteiger partial charge in [0, 0.05) is 0 Å². The summed E-state index contributed by atoms with van der Waals surface area (Å²) in [6, 6.07) is 15.4. The molecule has 4 heteroatoms. The van der Waals surface area contributed by atoms with E-state index in [2.05, 4.69) is 17.1 Å². The maximum atomic E-state index is 5.14. The molecule has 0 spiro atoms. The van der Waals surface area contributed by atoms with Gasteiger partial charge < -0.3 is 9.47 Å². The van der Waals surface area contributed by atoms with E-state index in [1.54, 1.807) is 14.2 Å². The summed E-state index contributed by atoms with van der Waals surface area (Å²) in [4.78, 5) is 0. The molecule has 22 heavy (non-hydrogen) atoms. The minimum atomic E-state index is 0.732. The molecule has 0 saturated carbocycles. The Morgan fingerprint density at radius 1 is 0.864 bits per heavy atom. The second kappa shape index (κ2) is 7.31. The van der Waals surface area contributed by atoms with E-state index in [0.29, 0.717) is 0 Å². The Labute approximate surface area is 131 Å². The zero-order valence-corrected chi connectivity index (χ0v) is 13.1. The molecule has 114 valence electrons. The predicted octanol–water partition coefficient (Wildman–Crippen LogP) is 3.69. The van der Waals surface area contributed by atoms with Gasteiger partial charge >= 0.3 is 0 Å². The zero-order chi connectivity index (χ0) is 15.9. The van der Waals surface area contributed by atoms with E-state index >= 15 is 0 Å². The summed E-state index contributed by atoms with van der Waals surface area (Å²) in [5.74, 6) is 1.64. The number of hydrogen-bond acceptors (Lipinski definition) is 4. The molecule has 0 aliphatic rings. The molecule has 0 aromatic heterocycles. The van der Waals surface area contributed by atoms with Crippen molar-refractivity contribution in [1.29, 1.82) is 0 Å². The van der Waals surface area contributed by atoms with Crippen LogP contribution in [0.25, 0.3) is 5.70 Å². The number of nitrogens with one attached hydrogen (secondary N) is 1. The fourth-order valence-electron chi connectivity index (χ4n) is 1.90. The van der Waals surface area contributed by atoms with Gasteiger partial charge in [0.1, 0.15) is 11.5 Å². The summed E-state index contributed by atoms with van der Waals surface area (Å²) >= 11 is 0. The number of rotatable bonds is 6. The lowest BCUT2D eigenvalue weighted by molar-refractivity contribution is 0.414. The quantitative estimate of drug-likeness (QED) is 0.653. The van der Waals surface area contributed by atoms with Gasteiger partial charge in [-0.05, 0) is 66.6 Å². The highest BCUT2D eigenvalue weighted by atomic mass is 16.5. The number of nitrogens with zero attached hydrogens (tertiary/aromatic N) is 1. The molecule has 2 aromatic rings. The smallest absolute Gasteiger partial charge is 0.118 e. The standard InChI is InChI=1S/C18H20N2O2/c1-13(15-5-9-17(21-3)10-6-15)19-20-14(2)16-7-11-18(22-4)12-8-16/h5-12,19H,1H2,2-4H3/b20-14+. The molecule has 0 aliphatic carbocycles. The predicted molar refractivity (Wildman–Crippen MR) is 90.4 cm³/mol. The number of hydrogen-bond donors (Lipinski definition) is 1. The summed E-state index contributed by atoms with van der Waals surface area (Å²) in [5.41, 5.74) is 6.58. The average Bonchev–Trinajstić information content (AvgIpc) is 2.59. The van der Waals surface area contributed by atoms with Crippen LogP contribution in [0.1, 0.15) is 18.1 Å². The number of benzene rings is 2. The van der Waals surface area contributed by atoms with Crippen molar-refractivity contribution in [2.24, 2.45) is 5.10 Å². The van der Waals surface area contributed by atoms with Crippen LogP contribution in [-0.4, -0.2) is 19.9 Å². The summed E-state index contributed by atoms with van der Waals surface area (Å²) in [5, 5.41) is 4.36. The normalized spacial score (nSPS) is 11.0. The van der Waals surface area contributed by atoms with Crippen LogP contribution in [-0.2, 0) is 0 Å². The molecule has 0 unspecified atom stereocenters. The van der Waals surface area contributed by atoms with Gasteiger partial charge in [0.25, 0.3) is 0 Å². The van der Waals surface area contributed by atoms with E-state index in [0.717, 1.165) is 34.0 Å². The molecule has 0 fully saturated rings. The Morgan fingerprint density at radius 3 is 1.77 bits per heavy atom. The van der Waals surface area contributed by atoms with E-state index < -0.39 is 0 Å². The first-order valence-corrected chi connectivity index (χ1v) is 6.92. The topological polar surface area (TPSA) is 42.9 Å². The molecule has 0 heterocycles. The van der Waals surface area contributed by atoms with Gasteiger partial charge in [0.2, 0.25) is 0 Å². The van der Waals surface area contributed by atoms with Crippen LogP contribution in [0, 0.1) is 0 Å². The van der Waals surface area contributed by atoms with E-state index in [1.165, 1.54) is 0 Å².